The second kappa shape index (κ2) is 8.38. The standard InChI is InChI=1S/C24H20FN5O3S/c1-14(26-23-17-7-3-5-9-21(17)34(32,33)30-23)24(31)27-16-10-11-19-20(13-16)29-22(28-19)12-15-6-2-4-8-18(15)25/h2-11,13-14H,12H2,1H3,(H,26,30)(H,27,31)(H,28,29)/t14-/m0/s1. The first-order valence-corrected chi connectivity index (χ1v) is 12.0. The molecule has 0 saturated carbocycles. The minimum absolute atomic E-state index is 0.136. The molecule has 3 aromatic carbocycles. The Bertz CT molecular complexity index is 1560. The number of hydrogen-bond donors (Lipinski definition) is 3. The fourth-order valence-corrected chi connectivity index (χ4v) is 5.01. The summed E-state index contributed by atoms with van der Waals surface area (Å²) in [5, 5.41) is 2.79. The van der Waals surface area contributed by atoms with Gasteiger partial charge in [-0.25, -0.2) is 17.8 Å². The molecule has 0 unspecified atom stereocenters. The molecule has 4 aromatic rings. The zero-order valence-electron chi connectivity index (χ0n) is 18.0. The number of imidazole rings is 1. The number of H-pyrrole nitrogens is 1. The summed E-state index contributed by atoms with van der Waals surface area (Å²) in [4.78, 5) is 24.8. The van der Waals surface area contributed by atoms with Crippen molar-refractivity contribution in [3.63, 3.8) is 0 Å². The van der Waals surface area contributed by atoms with Crippen molar-refractivity contribution in [1.29, 1.82) is 0 Å². The second-order valence-electron chi connectivity index (χ2n) is 7.93. The van der Waals surface area contributed by atoms with Gasteiger partial charge in [-0.1, -0.05) is 30.3 Å². The summed E-state index contributed by atoms with van der Waals surface area (Å²) in [6, 6.07) is 17.3. The lowest BCUT2D eigenvalue weighted by Gasteiger charge is -2.10. The molecule has 0 bridgehead atoms. The lowest BCUT2D eigenvalue weighted by molar-refractivity contribution is -0.117. The van der Waals surface area contributed by atoms with E-state index in [4.69, 9.17) is 0 Å². The highest BCUT2D eigenvalue weighted by Crippen LogP contribution is 2.23. The van der Waals surface area contributed by atoms with Gasteiger partial charge in [-0.3, -0.25) is 14.5 Å². The van der Waals surface area contributed by atoms with Crippen LogP contribution in [-0.2, 0) is 21.2 Å². The third-order valence-electron chi connectivity index (χ3n) is 5.48. The summed E-state index contributed by atoms with van der Waals surface area (Å²) in [5.41, 5.74) is 2.88. The number of halogens is 1. The molecule has 1 aliphatic heterocycles. The van der Waals surface area contributed by atoms with Gasteiger partial charge in [0.1, 0.15) is 23.5 Å². The Balaban J connectivity index is 1.33. The number of sulfonamides is 1. The smallest absolute Gasteiger partial charge is 0.263 e. The number of nitrogens with zero attached hydrogens (tertiary/aromatic N) is 2. The Morgan fingerprint density at radius 3 is 2.71 bits per heavy atom. The topological polar surface area (TPSA) is 116 Å². The highest BCUT2D eigenvalue weighted by molar-refractivity contribution is 7.90. The normalized spacial score (nSPS) is 16.2. The zero-order valence-corrected chi connectivity index (χ0v) is 18.9. The minimum Gasteiger partial charge on any atom is -0.342 e. The number of anilines is 1. The van der Waals surface area contributed by atoms with Crippen LogP contribution in [0.2, 0.25) is 0 Å². The third kappa shape index (κ3) is 4.15. The van der Waals surface area contributed by atoms with Gasteiger partial charge in [-0.2, -0.15) is 0 Å². The largest absolute Gasteiger partial charge is 0.342 e. The van der Waals surface area contributed by atoms with Gasteiger partial charge in [0, 0.05) is 17.7 Å². The predicted molar refractivity (Wildman–Crippen MR) is 127 cm³/mol. The van der Waals surface area contributed by atoms with Crippen LogP contribution >= 0.6 is 0 Å². The fourth-order valence-electron chi connectivity index (χ4n) is 3.77. The van der Waals surface area contributed by atoms with Gasteiger partial charge in [-0.15, -0.1) is 0 Å². The molecule has 1 aromatic heterocycles. The molecule has 10 heteroatoms. The lowest BCUT2D eigenvalue weighted by atomic mass is 10.1. The molecule has 8 nitrogen and oxygen atoms in total. The molecule has 5 rings (SSSR count). The number of nitrogens with one attached hydrogen (secondary N) is 3. The maximum absolute atomic E-state index is 13.9. The number of carbonyl (C=O) groups is 1. The Hall–Kier alpha value is -4.05. The van der Waals surface area contributed by atoms with Crippen LogP contribution in [0.5, 0.6) is 0 Å². The number of benzene rings is 3. The molecule has 0 spiro atoms. The molecular formula is C24H20FN5O3S. The summed E-state index contributed by atoms with van der Waals surface area (Å²) >= 11 is 0. The van der Waals surface area contributed by atoms with Crippen LogP contribution < -0.4 is 10.0 Å². The molecule has 1 atom stereocenters. The van der Waals surface area contributed by atoms with E-state index < -0.39 is 22.0 Å². The fraction of sp³-hybridized carbons (Fsp3) is 0.125. The summed E-state index contributed by atoms with van der Waals surface area (Å²) in [6.07, 6.45) is 0.314. The van der Waals surface area contributed by atoms with Crippen LogP contribution in [0.25, 0.3) is 11.0 Å². The minimum atomic E-state index is -3.68. The van der Waals surface area contributed by atoms with Crippen molar-refractivity contribution in [2.45, 2.75) is 24.3 Å². The summed E-state index contributed by atoms with van der Waals surface area (Å²) in [5.74, 6) is 0.0517. The van der Waals surface area contributed by atoms with E-state index in [-0.39, 0.29) is 16.5 Å². The second-order valence-corrected chi connectivity index (χ2v) is 9.58. The van der Waals surface area contributed by atoms with Crippen LogP contribution in [0.15, 0.2) is 76.6 Å². The molecular weight excluding hydrogens is 457 g/mol. The summed E-state index contributed by atoms with van der Waals surface area (Å²) < 4.78 is 40.8. The van der Waals surface area contributed by atoms with Crippen molar-refractivity contribution >= 4 is 38.5 Å². The van der Waals surface area contributed by atoms with Crippen molar-refractivity contribution in [2.24, 2.45) is 4.99 Å². The van der Waals surface area contributed by atoms with Crippen LogP contribution in [0, 0.1) is 5.82 Å². The number of rotatable bonds is 5. The van der Waals surface area contributed by atoms with E-state index in [2.05, 4.69) is 25.0 Å². The average molecular weight is 478 g/mol. The van der Waals surface area contributed by atoms with Crippen molar-refractivity contribution in [3.05, 3.63) is 89.5 Å². The van der Waals surface area contributed by atoms with Gasteiger partial charge in [0.25, 0.3) is 10.0 Å². The van der Waals surface area contributed by atoms with Gasteiger partial charge in [0.15, 0.2) is 0 Å². The first-order valence-electron chi connectivity index (χ1n) is 10.5. The summed E-state index contributed by atoms with van der Waals surface area (Å²) in [7, 11) is -3.68. The van der Waals surface area contributed by atoms with Crippen molar-refractivity contribution in [1.82, 2.24) is 14.7 Å². The quantitative estimate of drug-likeness (QED) is 0.409. The zero-order chi connectivity index (χ0) is 23.9. The number of carbonyl (C=O) groups excluding carboxylic acids is 1. The van der Waals surface area contributed by atoms with Gasteiger partial charge in [-0.05, 0) is 48.9 Å². The number of aromatic amines is 1. The van der Waals surface area contributed by atoms with Gasteiger partial charge in [0.05, 0.1) is 15.9 Å². The number of hydrogen-bond acceptors (Lipinski definition) is 5. The van der Waals surface area contributed by atoms with E-state index in [0.717, 1.165) is 0 Å². The van der Waals surface area contributed by atoms with Crippen LogP contribution in [0.1, 0.15) is 23.9 Å². The van der Waals surface area contributed by atoms with Crippen molar-refractivity contribution < 1.29 is 17.6 Å². The molecule has 172 valence electrons. The predicted octanol–water partition coefficient (Wildman–Crippen LogP) is 3.36. The number of fused-ring (bicyclic) bond motifs is 2. The highest BCUT2D eigenvalue weighted by Gasteiger charge is 2.31. The number of aliphatic imine (C=N–C) groups is 1. The number of amidine groups is 1. The average Bonchev–Trinajstić information content (AvgIpc) is 3.32. The van der Waals surface area contributed by atoms with E-state index >= 15 is 0 Å². The number of aromatic nitrogens is 2. The number of amides is 1. The maximum atomic E-state index is 13.9. The van der Waals surface area contributed by atoms with Gasteiger partial charge >= 0.3 is 0 Å². The first kappa shape index (κ1) is 21.8. The van der Waals surface area contributed by atoms with Gasteiger partial charge < -0.3 is 10.3 Å². The van der Waals surface area contributed by atoms with Crippen LogP contribution in [0.4, 0.5) is 10.1 Å². The Kier molecular flexibility index (Phi) is 5.37. The lowest BCUT2D eigenvalue weighted by Crippen LogP contribution is -2.28. The highest BCUT2D eigenvalue weighted by atomic mass is 32.2. The molecule has 1 amide bonds. The van der Waals surface area contributed by atoms with E-state index in [1.807, 2.05) is 0 Å². The molecule has 0 aliphatic carbocycles. The molecule has 0 radical (unpaired) electrons. The van der Waals surface area contributed by atoms with Crippen LogP contribution in [0.3, 0.4) is 0 Å². The van der Waals surface area contributed by atoms with E-state index in [9.17, 15) is 17.6 Å². The maximum Gasteiger partial charge on any atom is 0.263 e. The molecule has 2 heterocycles. The Morgan fingerprint density at radius 1 is 1.12 bits per heavy atom. The molecule has 1 aliphatic rings. The Morgan fingerprint density at radius 2 is 1.88 bits per heavy atom. The first-order chi connectivity index (χ1) is 16.3. The molecule has 3 N–H and O–H groups in total. The van der Waals surface area contributed by atoms with E-state index in [0.29, 0.717) is 40.1 Å². The van der Waals surface area contributed by atoms with Gasteiger partial charge in [0.2, 0.25) is 5.91 Å². The monoisotopic (exact) mass is 477 g/mol. The SMILES string of the molecule is C[C@H](N=C1NS(=O)(=O)c2ccccc21)C(=O)Nc1ccc2nc(Cc3ccccc3F)[nH]c2c1. The van der Waals surface area contributed by atoms with Crippen molar-refractivity contribution in [2.75, 3.05) is 5.32 Å². The molecule has 34 heavy (non-hydrogen) atoms. The van der Waals surface area contributed by atoms with E-state index in [1.54, 1.807) is 61.5 Å². The van der Waals surface area contributed by atoms with Crippen molar-refractivity contribution in [3.8, 4) is 0 Å². The van der Waals surface area contributed by atoms with Crippen LogP contribution in [-0.4, -0.2) is 36.2 Å². The molecule has 0 fully saturated rings. The third-order valence-corrected chi connectivity index (χ3v) is 6.88. The Labute approximate surface area is 195 Å². The summed E-state index contributed by atoms with van der Waals surface area (Å²) in [6.45, 7) is 1.58. The molecule has 0 saturated heterocycles. The van der Waals surface area contributed by atoms with E-state index in [1.165, 1.54) is 12.1 Å².